The van der Waals surface area contributed by atoms with Gasteiger partial charge in [-0.1, -0.05) is 18.2 Å². The van der Waals surface area contributed by atoms with Crippen LogP contribution in [0.15, 0.2) is 24.3 Å². The zero-order chi connectivity index (χ0) is 15.8. The Morgan fingerprint density at radius 2 is 1.86 bits per heavy atom. The predicted molar refractivity (Wildman–Crippen MR) is 85.3 cm³/mol. The second kappa shape index (κ2) is 5.19. The van der Waals surface area contributed by atoms with Crippen molar-refractivity contribution in [2.24, 2.45) is 0 Å². The molecule has 0 saturated heterocycles. The summed E-state index contributed by atoms with van der Waals surface area (Å²) in [5, 5.41) is 14.1. The van der Waals surface area contributed by atoms with Gasteiger partial charge in [0.25, 0.3) is 0 Å². The Kier molecular flexibility index (Phi) is 3.85. The van der Waals surface area contributed by atoms with Gasteiger partial charge in [-0.2, -0.15) is 0 Å². The summed E-state index contributed by atoms with van der Waals surface area (Å²) in [6.45, 7) is 9.03. The fourth-order valence-electron chi connectivity index (χ4n) is 2.27. The van der Waals surface area contributed by atoms with Gasteiger partial charge in [-0.05, 0) is 46.2 Å². The van der Waals surface area contributed by atoms with E-state index in [-0.39, 0.29) is 5.91 Å². The number of hydrogen-bond donors (Lipinski definition) is 3. The average Bonchev–Trinajstić information content (AvgIpc) is 2.64. The summed E-state index contributed by atoms with van der Waals surface area (Å²) in [5.41, 5.74) is 1.38. The summed E-state index contributed by atoms with van der Waals surface area (Å²) >= 11 is 0. The van der Waals surface area contributed by atoms with E-state index in [4.69, 9.17) is 0 Å². The van der Waals surface area contributed by atoms with Gasteiger partial charge >= 0.3 is 0 Å². The first-order chi connectivity index (χ1) is 9.62. The maximum atomic E-state index is 12.3. The number of aryl methyl sites for hydroxylation is 1. The predicted octanol–water partition coefficient (Wildman–Crippen LogP) is 2.68. The first-order valence-electron chi connectivity index (χ1n) is 7.21. The van der Waals surface area contributed by atoms with Gasteiger partial charge in [0.15, 0.2) is 0 Å². The van der Waals surface area contributed by atoms with Crippen LogP contribution in [0.5, 0.6) is 0 Å². The Hall–Kier alpha value is -1.81. The molecule has 0 unspecified atom stereocenters. The van der Waals surface area contributed by atoms with Crippen LogP contribution in [-0.2, 0) is 11.2 Å². The number of aromatic nitrogens is 1. The molecule has 0 fully saturated rings. The zero-order valence-corrected chi connectivity index (χ0v) is 13.4. The third-order valence-corrected chi connectivity index (χ3v) is 4.35. The van der Waals surface area contributed by atoms with Gasteiger partial charge in [0.1, 0.15) is 0 Å². The van der Waals surface area contributed by atoms with Crippen LogP contribution < -0.4 is 5.32 Å². The largest absolute Gasteiger partial charge is 0.388 e. The molecule has 4 nitrogen and oxygen atoms in total. The fraction of sp³-hybridized carbons (Fsp3) is 0.471. The number of aromatic amines is 1. The minimum atomic E-state index is -0.988. The van der Waals surface area contributed by atoms with Gasteiger partial charge in [0, 0.05) is 16.6 Å². The summed E-state index contributed by atoms with van der Waals surface area (Å²) in [7, 11) is 0. The second-order valence-electron chi connectivity index (χ2n) is 6.68. The van der Waals surface area contributed by atoms with Gasteiger partial charge in [0.05, 0.1) is 17.6 Å². The number of carbonyl (C=O) groups is 1. The Balaban J connectivity index is 2.21. The van der Waals surface area contributed by atoms with Crippen LogP contribution in [0, 0.1) is 6.92 Å². The lowest BCUT2D eigenvalue weighted by Crippen LogP contribution is -2.58. The highest BCUT2D eigenvalue weighted by molar-refractivity contribution is 5.90. The Morgan fingerprint density at radius 3 is 2.48 bits per heavy atom. The van der Waals surface area contributed by atoms with Gasteiger partial charge in [-0.3, -0.25) is 4.79 Å². The molecule has 21 heavy (non-hydrogen) atoms. The molecule has 0 radical (unpaired) electrons. The van der Waals surface area contributed by atoms with Crippen molar-refractivity contribution >= 4 is 16.8 Å². The molecule has 0 atom stereocenters. The highest BCUT2D eigenvalue weighted by atomic mass is 16.3. The normalized spacial score (nSPS) is 12.7. The lowest BCUT2D eigenvalue weighted by atomic mass is 9.86. The Morgan fingerprint density at radius 1 is 1.24 bits per heavy atom. The SMILES string of the molecule is Cc1[nH]c2ccccc2c1CC(=O)NC(C)(C)C(C)(C)O. The van der Waals surface area contributed by atoms with E-state index in [0.717, 1.165) is 22.2 Å². The summed E-state index contributed by atoms with van der Waals surface area (Å²) in [4.78, 5) is 15.6. The quantitative estimate of drug-likeness (QED) is 0.810. The minimum Gasteiger partial charge on any atom is -0.388 e. The molecular weight excluding hydrogens is 264 g/mol. The molecular formula is C17H24N2O2. The first kappa shape index (κ1) is 15.6. The minimum absolute atomic E-state index is 0.0880. The van der Waals surface area contributed by atoms with E-state index >= 15 is 0 Å². The van der Waals surface area contributed by atoms with Crippen molar-refractivity contribution in [3.63, 3.8) is 0 Å². The highest BCUT2D eigenvalue weighted by Crippen LogP contribution is 2.24. The van der Waals surface area contributed by atoms with Crippen LogP contribution in [-0.4, -0.2) is 27.1 Å². The van der Waals surface area contributed by atoms with Crippen molar-refractivity contribution in [1.29, 1.82) is 0 Å². The standard InChI is InChI=1S/C17H24N2O2/c1-11-13(12-8-6-7-9-14(12)18-11)10-15(20)19-16(2,3)17(4,5)21/h6-9,18,21H,10H2,1-5H3,(H,19,20). The Labute approximate surface area is 125 Å². The smallest absolute Gasteiger partial charge is 0.225 e. The Bertz CT molecular complexity index is 663. The van der Waals surface area contributed by atoms with Crippen molar-refractivity contribution in [2.75, 3.05) is 0 Å². The third kappa shape index (κ3) is 3.10. The van der Waals surface area contributed by atoms with Crippen LogP contribution in [0.3, 0.4) is 0 Å². The molecule has 1 aromatic heterocycles. The number of nitrogens with one attached hydrogen (secondary N) is 2. The lowest BCUT2D eigenvalue weighted by molar-refractivity contribution is -0.125. The summed E-state index contributed by atoms with van der Waals surface area (Å²) in [6, 6.07) is 7.96. The fourth-order valence-corrected chi connectivity index (χ4v) is 2.27. The van der Waals surface area contributed by atoms with Crippen molar-refractivity contribution in [2.45, 2.75) is 52.2 Å². The van der Waals surface area contributed by atoms with Gasteiger partial charge < -0.3 is 15.4 Å². The molecule has 1 amide bonds. The maximum Gasteiger partial charge on any atom is 0.225 e. The van der Waals surface area contributed by atoms with E-state index in [2.05, 4.69) is 10.3 Å². The van der Waals surface area contributed by atoms with Crippen LogP contribution >= 0.6 is 0 Å². The molecule has 2 aromatic rings. The van der Waals surface area contributed by atoms with Gasteiger partial charge in [-0.25, -0.2) is 0 Å². The molecule has 0 aliphatic carbocycles. The average molecular weight is 288 g/mol. The number of carbonyl (C=O) groups excluding carboxylic acids is 1. The molecule has 0 aliphatic rings. The molecule has 2 rings (SSSR count). The molecule has 4 heteroatoms. The van der Waals surface area contributed by atoms with Gasteiger partial charge in [-0.15, -0.1) is 0 Å². The number of benzene rings is 1. The molecule has 1 heterocycles. The molecule has 0 bridgehead atoms. The molecule has 3 N–H and O–H groups in total. The van der Waals surface area contributed by atoms with E-state index in [9.17, 15) is 9.90 Å². The van der Waals surface area contributed by atoms with Crippen LogP contribution in [0.2, 0.25) is 0 Å². The first-order valence-corrected chi connectivity index (χ1v) is 7.21. The highest BCUT2D eigenvalue weighted by Gasteiger charge is 2.36. The van der Waals surface area contributed by atoms with Gasteiger partial charge in [0.2, 0.25) is 5.91 Å². The van der Waals surface area contributed by atoms with E-state index in [1.807, 2.05) is 45.0 Å². The van der Waals surface area contributed by atoms with E-state index < -0.39 is 11.1 Å². The van der Waals surface area contributed by atoms with Crippen LogP contribution in [0.4, 0.5) is 0 Å². The van der Waals surface area contributed by atoms with E-state index in [1.54, 1.807) is 13.8 Å². The van der Waals surface area contributed by atoms with Crippen molar-refractivity contribution < 1.29 is 9.90 Å². The number of hydrogen-bond acceptors (Lipinski definition) is 2. The maximum absolute atomic E-state index is 12.3. The third-order valence-electron chi connectivity index (χ3n) is 4.35. The van der Waals surface area contributed by atoms with E-state index in [0.29, 0.717) is 6.42 Å². The topological polar surface area (TPSA) is 65.1 Å². The zero-order valence-electron chi connectivity index (χ0n) is 13.4. The number of amides is 1. The number of aliphatic hydroxyl groups is 1. The van der Waals surface area contributed by atoms with Crippen molar-refractivity contribution in [3.05, 3.63) is 35.5 Å². The van der Waals surface area contributed by atoms with Crippen LogP contribution in [0.1, 0.15) is 39.0 Å². The summed E-state index contributed by atoms with van der Waals surface area (Å²) in [6.07, 6.45) is 0.301. The number of fused-ring (bicyclic) bond motifs is 1. The molecule has 1 aromatic carbocycles. The van der Waals surface area contributed by atoms with E-state index in [1.165, 1.54) is 0 Å². The number of H-pyrrole nitrogens is 1. The second-order valence-corrected chi connectivity index (χ2v) is 6.68. The monoisotopic (exact) mass is 288 g/mol. The van der Waals surface area contributed by atoms with Crippen molar-refractivity contribution in [3.8, 4) is 0 Å². The molecule has 0 aliphatic heterocycles. The summed E-state index contributed by atoms with van der Waals surface area (Å²) < 4.78 is 0. The molecule has 0 spiro atoms. The summed E-state index contributed by atoms with van der Waals surface area (Å²) in [5.74, 6) is -0.0880. The molecule has 114 valence electrons. The van der Waals surface area contributed by atoms with Crippen LogP contribution in [0.25, 0.3) is 10.9 Å². The van der Waals surface area contributed by atoms with Crippen molar-refractivity contribution in [1.82, 2.24) is 10.3 Å². The number of rotatable bonds is 4. The lowest BCUT2D eigenvalue weighted by Gasteiger charge is -2.38. The molecule has 0 saturated carbocycles. The number of para-hydroxylation sites is 1.